The zero-order valence-corrected chi connectivity index (χ0v) is 22.3. The molecule has 1 aliphatic carbocycles. The minimum atomic E-state index is -0.554. The molecule has 3 aromatic carbocycles. The number of aryl methyl sites for hydroxylation is 1. The van der Waals surface area contributed by atoms with Gasteiger partial charge in [0, 0.05) is 29.1 Å². The zero-order chi connectivity index (χ0) is 25.9. The molecule has 2 unspecified atom stereocenters. The molecule has 3 nitrogen and oxygen atoms in total. The molecule has 1 saturated heterocycles. The number of fused-ring (bicyclic) bond motifs is 1. The van der Waals surface area contributed by atoms with E-state index in [2.05, 4.69) is 17.0 Å². The quantitative estimate of drug-likeness (QED) is 0.323. The normalized spacial score (nSPS) is 19.1. The predicted octanol–water partition coefficient (Wildman–Crippen LogP) is 7.71. The summed E-state index contributed by atoms with van der Waals surface area (Å²) in [6, 6.07) is 19.4. The van der Waals surface area contributed by atoms with E-state index in [9.17, 15) is 14.6 Å². The Kier molecular flexibility index (Phi) is 8.21. The third-order valence-corrected chi connectivity index (χ3v) is 8.24. The monoisotopic (exact) mass is 539 g/mol. The van der Waals surface area contributed by atoms with Crippen LogP contribution in [-0.4, -0.2) is 41.4 Å². The molecule has 0 amide bonds. The summed E-state index contributed by atoms with van der Waals surface area (Å²) in [4.78, 5) is 2.24. The van der Waals surface area contributed by atoms with Gasteiger partial charge in [-0.3, -0.25) is 4.39 Å². The molecule has 3 aromatic rings. The molecule has 1 heterocycles. The van der Waals surface area contributed by atoms with Crippen molar-refractivity contribution in [2.24, 2.45) is 5.92 Å². The van der Waals surface area contributed by atoms with Gasteiger partial charge < -0.3 is 15.1 Å². The van der Waals surface area contributed by atoms with Crippen molar-refractivity contribution in [2.75, 3.05) is 26.3 Å². The molecular weight excluding hydrogens is 508 g/mol. The van der Waals surface area contributed by atoms with Crippen LogP contribution < -0.4 is 0 Å². The second-order valence-electron chi connectivity index (χ2n) is 10.1. The molecule has 0 saturated carbocycles. The van der Waals surface area contributed by atoms with Gasteiger partial charge in [-0.25, -0.2) is 0 Å². The number of phenols is 1. The summed E-state index contributed by atoms with van der Waals surface area (Å²) < 4.78 is 12.6. The van der Waals surface area contributed by atoms with Crippen molar-refractivity contribution in [1.29, 1.82) is 0 Å². The number of nitrogens with zero attached hydrogens (tertiary/aromatic N) is 1. The maximum atomic E-state index is 12.6. The first kappa shape index (κ1) is 26.2. The van der Waals surface area contributed by atoms with Crippen molar-refractivity contribution >= 4 is 34.3 Å². The molecule has 37 heavy (non-hydrogen) atoms. The number of allylic oxidation sites excluding steroid dienone is 1. The lowest BCUT2D eigenvalue weighted by molar-refractivity contribution is 0.110. The Morgan fingerprint density at radius 1 is 0.973 bits per heavy atom. The smallest absolute Gasteiger partial charge is 0.115 e. The third kappa shape index (κ3) is 5.73. The van der Waals surface area contributed by atoms with E-state index in [0.29, 0.717) is 16.5 Å². The molecule has 1 fully saturated rings. The Morgan fingerprint density at radius 3 is 2.51 bits per heavy atom. The predicted molar refractivity (Wildman–Crippen MR) is 150 cm³/mol. The number of alkyl halides is 1. The number of likely N-dealkylation sites (tertiary alicyclic amines) is 1. The fourth-order valence-corrected chi connectivity index (χ4v) is 6.36. The average Bonchev–Trinajstić information content (AvgIpc) is 3.29. The lowest BCUT2D eigenvalue weighted by Crippen LogP contribution is -2.24. The highest BCUT2D eigenvalue weighted by atomic mass is 35.5. The number of aliphatic hydroxyl groups excluding tert-OH is 1. The SMILES string of the molecule is Oc1ccc2c(c1)CCCC(c1ccc(Cl)cc1Cl)=C2c1ccc(C(O)C2CCN(CCCF)C2)cc1. The number of aliphatic hydroxyl groups is 1. The molecule has 6 heteroatoms. The van der Waals surface area contributed by atoms with E-state index in [4.69, 9.17) is 23.2 Å². The van der Waals surface area contributed by atoms with Crippen LogP contribution in [0.2, 0.25) is 10.0 Å². The Hall–Kier alpha value is -2.37. The van der Waals surface area contributed by atoms with Crippen molar-refractivity contribution in [3.05, 3.63) is 98.5 Å². The molecule has 0 bridgehead atoms. The first-order chi connectivity index (χ1) is 17.9. The summed E-state index contributed by atoms with van der Waals surface area (Å²) in [5, 5.41) is 22.5. The molecule has 2 atom stereocenters. The number of hydrogen-bond donors (Lipinski definition) is 2. The summed E-state index contributed by atoms with van der Waals surface area (Å²) in [6.07, 6.45) is 3.54. The van der Waals surface area contributed by atoms with Gasteiger partial charge in [0.05, 0.1) is 12.8 Å². The first-order valence-electron chi connectivity index (χ1n) is 13.0. The van der Waals surface area contributed by atoms with Gasteiger partial charge in [-0.05, 0) is 102 Å². The highest BCUT2D eigenvalue weighted by Gasteiger charge is 2.29. The van der Waals surface area contributed by atoms with Crippen molar-refractivity contribution in [1.82, 2.24) is 4.90 Å². The van der Waals surface area contributed by atoms with Crippen LogP contribution in [0.1, 0.15) is 59.6 Å². The van der Waals surface area contributed by atoms with Crippen LogP contribution in [-0.2, 0) is 6.42 Å². The second kappa shape index (κ2) is 11.6. The number of rotatable bonds is 7. The number of halogens is 3. The Bertz CT molecular complexity index is 1290. The van der Waals surface area contributed by atoms with E-state index < -0.39 is 6.10 Å². The Labute approximate surface area is 228 Å². The summed E-state index contributed by atoms with van der Waals surface area (Å²) in [5.74, 6) is 0.413. The van der Waals surface area contributed by atoms with Gasteiger partial charge in [-0.15, -0.1) is 0 Å². The fourth-order valence-electron chi connectivity index (χ4n) is 5.83. The van der Waals surface area contributed by atoms with E-state index in [1.54, 1.807) is 12.1 Å². The largest absolute Gasteiger partial charge is 0.508 e. The minimum Gasteiger partial charge on any atom is -0.508 e. The summed E-state index contributed by atoms with van der Waals surface area (Å²) >= 11 is 12.9. The lowest BCUT2D eigenvalue weighted by atomic mass is 9.86. The van der Waals surface area contributed by atoms with Crippen LogP contribution in [0.5, 0.6) is 5.75 Å². The molecular formula is C31H32Cl2FNO2. The lowest BCUT2D eigenvalue weighted by Gasteiger charge is -2.21. The molecule has 2 aliphatic rings. The van der Waals surface area contributed by atoms with Crippen molar-refractivity contribution in [3.8, 4) is 5.75 Å². The summed E-state index contributed by atoms with van der Waals surface area (Å²) in [6.45, 7) is 2.15. The van der Waals surface area contributed by atoms with Crippen LogP contribution in [0, 0.1) is 5.92 Å². The molecule has 0 radical (unpaired) electrons. The van der Waals surface area contributed by atoms with Crippen molar-refractivity contribution in [2.45, 2.75) is 38.2 Å². The van der Waals surface area contributed by atoms with Gasteiger partial charge >= 0.3 is 0 Å². The van der Waals surface area contributed by atoms with Crippen LogP contribution in [0.25, 0.3) is 11.1 Å². The van der Waals surface area contributed by atoms with Gasteiger partial charge in [-0.1, -0.05) is 59.6 Å². The molecule has 5 rings (SSSR count). The van der Waals surface area contributed by atoms with E-state index in [-0.39, 0.29) is 18.3 Å². The average molecular weight is 541 g/mol. The van der Waals surface area contributed by atoms with Gasteiger partial charge in [0.25, 0.3) is 0 Å². The summed E-state index contributed by atoms with van der Waals surface area (Å²) in [5.41, 5.74) is 7.34. The van der Waals surface area contributed by atoms with Crippen LogP contribution >= 0.6 is 23.2 Å². The highest BCUT2D eigenvalue weighted by Crippen LogP contribution is 2.43. The molecule has 2 N–H and O–H groups in total. The topological polar surface area (TPSA) is 43.7 Å². The molecule has 194 valence electrons. The standard InChI is InChI=1S/C31H32Cl2FNO2/c32-24-9-11-27(29(33)18-24)28-4-1-3-22-17-25(36)10-12-26(22)30(28)20-5-7-21(8-6-20)31(37)23-13-16-35(19-23)15-2-14-34/h5-12,17-18,23,31,36-37H,1-4,13-16,19H2. The van der Waals surface area contributed by atoms with Gasteiger partial charge in [0.2, 0.25) is 0 Å². The van der Waals surface area contributed by atoms with Crippen LogP contribution in [0.15, 0.2) is 60.7 Å². The number of hydrogen-bond acceptors (Lipinski definition) is 3. The number of aromatic hydroxyl groups is 1. The van der Waals surface area contributed by atoms with Crippen LogP contribution in [0.4, 0.5) is 4.39 Å². The fraction of sp³-hybridized carbons (Fsp3) is 0.355. The van der Waals surface area contributed by atoms with E-state index in [1.807, 2.05) is 36.4 Å². The second-order valence-corrected chi connectivity index (χ2v) is 11.0. The number of benzene rings is 3. The van der Waals surface area contributed by atoms with Crippen molar-refractivity contribution in [3.63, 3.8) is 0 Å². The molecule has 0 aromatic heterocycles. The number of phenolic OH excluding ortho intramolecular Hbond substituents is 1. The molecule has 0 spiro atoms. The van der Waals surface area contributed by atoms with Gasteiger partial charge in [0.15, 0.2) is 0 Å². The van der Waals surface area contributed by atoms with E-state index in [0.717, 1.165) is 84.3 Å². The van der Waals surface area contributed by atoms with E-state index in [1.165, 1.54) is 0 Å². The minimum absolute atomic E-state index is 0.148. The first-order valence-corrected chi connectivity index (χ1v) is 13.8. The van der Waals surface area contributed by atoms with E-state index >= 15 is 0 Å². The van der Waals surface area contributed by atoms with Crippen LogP contribution in [0.3, 0.4) is 0 Å². The maximum Gasteiger partial charge on any atom is 0.115 e. The van der Waals surface area contributed by atoms with Gasteiger partial charge in [-0.2, -0.15) is 0 Å². The zero-order valence-electron chi connectivity index (χ0n) is 20.8. The molecule has 1 aliphatic heterocycles. The Morgan fingerprint density at radius 2 is 1.76 bits per heavy atom. The Balaban J connectivity index is 1.52. The van der Waals surface area contributed by atoms with Gasteiger partial charge in [0.1, 0.15) is 5.75 Å². The highest BCUT2D eigenvalue weighted by molar-refractivity contribution is 6.36. The summed E-state index contributed by atoms with van der Waals surface area (Å²) in [7, 11) is 0. The van der Waals surface area contributed by atoms with Crippen molar-refractivity contribution < 1.29 is 14.6 Å². The third-order valence-electron chi connectivity index (χ3n) is 7.69. The maximum absolute atomic E-state index is 12.6.